The van der Waals surface area contributed by atoms with Gasteiger partial charge in [0.1, 0.15) is 12.2 Å². The van der Waals surface area contributed by atoms with Gasteiger partial charge in [-0.3, -0.25) is 10.2 Å². The number of aliphatic hydroxyl groups is 1. The molecular weight excluding hydrogens is 386 g/mol. The Labute approximate surface area is 179 Å². The van der Waals surface area contributed by atoms with Gasteiger partial charge in [0.2, 0.25) is 5.23 Å². The van der Waals surface area contributed by atoms with Crippen LogP contribution in [-0.2, 0) is 14.3 Å². The molecule has 0 amide bonds. The minimum atomic E-state index is -1.06. The average molecular weight is 424 g/mol. The summed E-state index contributed by atoms with van der Waals surface area (Å²) in [5.41, 5.74) is 0.0380. The van der Waals surface area contributed by atoms with Crippen LogP contribution in [0.4, 0.5) is 0 Å². The molecule has 6 heteroatoms. The van der Waals surface area contributed by atoms with E-state index in [2.05, 4.69) is 26.8 Å². The van der Waals surface area contributed by atoms with Crippen LogP contribution in [0.5, 0.6) is 0 Å². The molecule has 2 aliphatic rings. The maximum Gasteiger partial charge on any atom is 0.303 e. The third-order valence-corrected chi connectivity index (χ3v) is 7.21. The van der Waals surface area contributed by atoms with Gasteiger partial charge in [-0.15, -0.1) is 0 Å². The molecule has 0 aromatic carbocycles. The Balaban J connectivity index is 2.35. The summed E-state index contributed by atoms with van der Waals surface area (Å²) in [5, 5.41) is 19.3. The Morgan fingerprint density at radius 1 is 1.38 bits per heavy atom. The van der Waals surface area contributed by atoms with E-state index in [-0.39, 0.29) is 16.8 Å². The number of ether oxygens (including phenoxy) is 2. The van der Waals surface area contributed by atoms with Crippen LogP contribution in [0.15, 0.2) is 23.8 Å². The number of hydrogen-bond acceptors (Lipinski definition) is 6. The molecule has 164 valence electrons. The minimum absolute atomic E-state index is 0.00151. The van der Waals surface area contributed by atoms with E-state index in [9.17, 15) is 9.90 Å². The van der Waals surface area contributed by atoms with E-state index in [0.717, 1.165) is 31.3 Å². The van der Waals surface area contributed by atoms with Crippen molar-refractivity contribution in [1.82, 2.24) is 0 Å². The van der Waals surface area contributed by atoms with Crippen LogP contribution < -0.4 is 0 Å². The molecule has 0 spiro atoms. The van der Waals surface area contributed by atoms with Gasteiger partial charge in [0, 0.05) is 13.3 Å². The molecule has 0 bridgehead atoms. The lowest BCUT2D eigenvalue weighted by molar-refractivity contribution is -0.145. The number of carbonyl (C=O) groups excluding carboxylic acids is 1. The smallest absolute Gasteiger partial charge is 0.303 e. The van der Waals surface area contributed by atoms with Gasteiger partial charge in [-0.2, -0.15) is 0 Å². The van der Waals surface area contributed by atoms with Gasteiger partial charge in [0.25, 0.3) is 0 Å². The molecular formula is C23H37NO4S. The van der Waals surface area contributed by atoms with Crippen molar-refractivity contribution in [3.8, 4) is 0 Å². The fraction of sp³-hybridized carbons (Fsp3) is 0.739. The van der Waals surface area contributed by atoms with Gasteiger partial charge in [0.15, 0.2) is 0 Å². The fourth-order valence-corrected chi connectivity index (χ4v) is 5.26. The molecule has 2 N–H and O–H groups in total. The number of nitrogens with one attached hydrogen (secondary N) is 1. The van der Waals surface area contributed by atoms with E-state index >= 15 is 0 Å². The Bertz CT molecular complexity index is 670. The molecule has 0 aromatic heterocycles. The first-order valence-electron chi connectivity index (χ1n) is 10.6. The van der Waals surface area contributed by atoms with Crippen LogP contribution in [0.2, 0.25) is 0 Å². The van der Waals surface area contributed by atoms with E-state index in [4.69, 9.17) is 14.9 Å². The first-order chi connectivity index (χ1) is 13.4. The standard InChI is InChI=1S/C23H37NO4S/c1-15(2)18-9-11-22(5,26)14-19(27-17(4)25)13-16(3)7-8-20-23(6,12-10-18)29-21(24)28-20/h9,11,13,15,18-20,24,26H,7-8,10,12,14H2,1-6H3/b11-9+,16-13?,24-21?/t18-,19-,20-,22+,23-/m0/s1. The van der Waals surface area contributed by atoms with Crippen LogP contribution >= 0.6 is 11.8 Å². The second-order valence-corrected chi connectivity index (χ2v) is 10.9. The van der Waals surface area contributed by atoms with Crippen molar-refractivity contribution in [3.63, 3.8) is 0 Å². The molecule has 0 saturated carbocycles. The van der Waals surface area contributed by atoms with Gasteiger partial charge >= 0.3 is 5.97 Å². The third kappa shape index (κ3) is 7.18. The monoisotopic (exact) mass is 423 g/mol. The lowest BCUT2D eigenvalue weighted by Gasteiger charge is -2.31. The first-order valence-corrected chi connectivity index (χ1v) is 11.4. The van der Waals surface area contributed by atoms with Gasteiger partial charge < -0.3 is 14.6 Å². The Morgan fingerprint density at radius 3 is 2.69 bits per heavy atom. The van der Waals surface area contributed by atoms with Crippen molar-refractivity contribution in [2.45, 2.75) is 96.2 Å². The van der Waals surface area contributed by atoms with E-state index in [1.54, 1.807) is 6.92 Å². The topological polar surface area (TPSA) is 79.6 Å². The molecule has 29 heavy (non-hydrogen) atoms. The number of allylic oxidation sites excluding steroid dienone is 2. The van der Waals surface area contributed by atoms with E-state index in [0.29, 0.717) is 23.5 Å². The molecule has 5 nitrogen and oxygen atoms in total. The number of hydrogen-bond donors (Lipinski definition) is 2. The van der Waals surface area contributed by atoms with E-state index in [1.807, 2.05) is 19.1 Å². The average Bonchev–Trinajstić information content (AvgIpc) is 2.84. The van der Waals surface area contributed by atoms with Gasteiger partial charge in [-0.1, -0.05) is 43.3 Å². The van der Waals surface area contributed by atoms with Crippen molar-refractivity contribution in [2.75, 3.05) is 0 Å². The summed E-state index contributed by atoms with van der Waals surface area (Å²) in [6.45, 7) is 11.8. The Hall–Kier alpha value is -1.27. The Morgan fingerprint density at radius 2 is 2.07 bits per heavy atom. The lowest BCUT2D eigenvalue weighted by Crippen LogP contribution is -2.34. The summed E-state index contributed by atoms with van der Waals surface area (Å²) in [7, 11) is 0. The molecule has 1 saturated heterocycles. The zero-order chi connectivity index (χ0) is 21.8. The molecule has 1 aliphatic carbocycles. The number of carbonyl (C=O) groups is 1. The second kappa shape index (κ2) is 9.69. The summed E-state index contributed by atoms with van der Waals surface area (Å²) >= 11 is 1.53. The molecule has 1 aliphatic heterocycles. The highest BCUT2D eigenvalue weighted by Gasteiger charge is 2.44. The van der Waals surface area contributed by atoms with E-state index in [1.165, 1.54) is 18.7 Å². The summed E-state index contributed by atoms with van der Waals surface area (Å²) in [5.74, 6) is 0.411. The molecule has 1 heterocycles. The summed E-state index contributed by atoms with van der Waals surface area (Å²) in [6, 6.07) is 0. The summed E-state index contributed by atoms with van der Waals surface area (Å²) in [6.07, 6.45) is 9.32. The normalized spacial score (nSPS) is 37.9. The van der Waals surface area contributed by atoms with Crippen molar-refractivity contribution in [3.05, 3.63) is 23.8 Å². The predicted molar refractivity (Wildman–Crippen MR) is 119 cm³/mol. The van der Waals surface area contributed by atoms with Gasteiger partial charge in [-0.05, 0) is 64.4 Å². The number of fused-ring (bicyclic) bond motifs is 1. The number of esters is 1. The summed E-state index contributed by atoms with van der Waals surface area (Å²) in [4.78, 5) is 11.6. The predicted octanol–water partition coefficient (Wildman–Crippen LogP) is 5.23. The second-order valence-electron chi connectivity index (χ2n) is 9.38. The van der Waals surface area contributed by atoms with Crippen LogP contribution in [0.3, 0.4) is 0 Å². The quantitative estimate of drug-likeness (QED) is 0.469. The molecule has 0 aromatic rings. The molecule has 5 atom stereocenters. The lowest BCUT2D eigenvalue weighted by atomic mass is 9.83. The van der Waals surface area contributed by atoms with Crippen molar-refractivity contribution in [1.29, 1.82) is 5.41 Å². The SMILES string of the molecule is CC(=O)O[C@H]1C=C(C)CC[C@@H]2OC(=N)S[C@@]2(C)CC[C@@H](C(C)C)/C=C/[C@@](C)(O)C1. The number of rotatable bonds is 2. The largest absolute Gasteiger partial charge is 0.468 e. The fourth-order valence-electron chi connectivity index (χ4n) is 4.15. The maximum atomic E-state index is 11.6. The highest BCUT2D eigenvalue weighted by Crippen LogP contribution is 2.45. The van der Waals surface area contributed by atoms with Crippen LogP contribution in [0, 0.1) is 17.2 Å². The Kier molecular flexibility index (Phi) is 8.02. The molecule has 0 radical (unpaired) electrons. The molecule has 1 fully saturated rings. The highest BCUT2D eigenvalue weighted by atomic mass is 32.2. The highest BCUT2D eigenvalue weighted by molar-refractivity contribution is 8.14. The maximum absolute atomic E-state index is 11.6. The zero-order valence-electron chi connectivity index (χ0n) is 18.7. The molecule has 2 rings (SSSR count). The summed E-state index contributed by atoms with van der Waals surface area (Å²) < 4.78 is 11.2. The van der Waals surface area contributed by atoms with Crippen molar-refractivity contribution < 1.29 is 19.4 Å². The first kappa shape index (κ1) is 24.0. The third-order valence-electron chi connectivity index (χ3n) is 5.99. The van der Waals surface area contributed by atoms with Crippen LogP contribution in [-0.4, -0.2) is 38.9 Å². The van der Waals surface area contributed by atoms with Crippen LogP contribution in [0.25, 0.3) is 0 Å². The molecule has 0 unspecified atom stereocenters. The van der Waals surface area contributed by atoms with Gasteiger partial charge in [0.05, 0.1) is 10.3 Å². The minimum Gasteiger partial charge on any atom is -0.468 e. The van der Waals surface area contributed by atoms with Crippen molar-refractivity contribution in [2.24, 2.45) is 11.8 Å². The zero-order valence-corrected chi connectivity index (χ0v) is 19.5. The van der Waals surface area contributed by atoms with Crippen LogP contribution in [0.1, 0.15) is 73.6 Å². The number of thioether (sulfide) groups is 1. The van der Waals surface area contributed by atoms with E-state index < -0.39 is 11.7 Å². The van der Waals surface area contributed by atoms with Crippen molar-refractivity contribution >= 4 is 23.0 Å². The van der Waals surface area contributed by atoms with Gasteiger partial charge in [-0.25, -0.2) is 0 Å².